The van der Waals surface area contributed by atoms with Gasteiger partial charge in [-0.2, -0.15) is 5.26 Å². The van der Waals surface area contributed by atoms with Crippen LogP contribution in [0.2, 0.25) is 0 Å². The van der Waals surface area contributed by atoms with Crippen molar-refractivity contribution < 1.29 is 9.66 Å². The number of nitrogens with zero attached hydrogens (tertiary/aromatic N) is 2. The smallest absolute Gasteiger partial charge is 0.250 e. The van der Waals surface area contributed by atoms with Gasteiger partial charge in [0, 0.05) is 4.92 Å². The molecule has 1 saturated heterocycles. The van der Waals surface area contributed by atoms with Crippen LogP contribution in [0.3, 0.4) is 0 Å². The Kier molecular flexibility index (Phi) is 3.99. The zero-order chi connectivity index (χ0) is 13.1. The molecular weight excluding hydrogens is 272 g/mol. The van der Waals surface area contributed by atoms with Gasteiger partial charge in [-0.25, -0.2) is 0 Å². The normalized spacial score (nSPS) is 25.9. The van der Waals surface area contributed by atoms with Crippen LogP contribution < -0.4 is 4.74 Å². The summed E-state index contributed by atoms with van der Waals surface area (Å²) in [5, 5.41) is 21.3. The van der Waals surface area contributed by atoms with Crippen molar-refractivity contribution in [3.05, 3.63) is 39.9 Å². The average Bonchev–Trinajstić information content (AvgIpc) is 2.33. The Morgan fingerprint density at radius 1 is 1.50 bits per heavy atom. The first-order valence-corrected chi connectivity index (χ1v) is 6.97. The fourth-order valence-corrected chi connectivity index (χ4v) is 4.26. The lowest BCUT2D eigenvalue weighted by atomic mass is 10.1. The van der Waals surface area contributed by atoms with Crippen molar-refractivity contribution in [3.8, 4) is 11.2 Å². The molecular formula is C11H10N2O3S2. The van der Waals surface area contributed by atoms with Gasteiger partial charge in [-0.15, -0.1) is 11.8 Å². The second-order valence-electron chi connectivity index (χ2n) is 3.68. The molecule has 0 unspecified atom stereocenters. The number of nitriles is 1. The van der Waals surface area contributed by atoms with Crippen LogP contribution in [0.15, 0.2) is 24.3 Å². The third kappa shape index (κ3) is 2.40. The Balaban J connectivity index is 2.14. The molecule has 1 aromatic carbocycles. The van der Waals surface area contributed by atoms with Gasteiger partial charge in [0.05, 0.1) is 7.11 Å². The van der Waals surface area contributed by atoms with Crippen molar-refractivity contribution in [2.24, 2.45) is 0 Å². The number of nitro groups is 1. The summed E-state index contributed by atoms with van der Waals surface area (Å²) in [6.07, 6.45) is 0. The first-order chi connectivity index (χ1) is 8.67. The first kappa shape index (κ1) is 13.1. The molecule has 0 N–H and O–H groups in total. The summed E-state index contributed by atoms with van der Waals surface area (Å²) in [5.74, 6) is 0.726. The molecule has 0 radical (unpaired) electrons. The highest BCUT2D eigenvalue weighted by Gasteiger charge is 2.52. The third-order valence-corrected chi connectivity index (χ3v) is 5.36. The number of hydrogen-bond acceptors (Lipinski definition) is 6. The minimum absolute atomic E-state index is 0.184. The summed E-state index contributed by atoms with van der Waals surface area (Å²) in [6, 6.07) is 6.54. The van der Waals surface area contributed by atoms with Gasteiger partial charge in [0.25, 0.3) is 6.04 Å². The summed E-state index contributed by atoms with van der Waals surface area (Å²) >= 11 is 2.42. The number of thiocyanates is 1. The van der Waals surface area contributed by atoms with Crippen LogP contribution >= 0.6 is 23.5 Å². The van der Waals surface area contributed by atoms with E-state index >= 15 is 0 Å². The molecule has 94 valence electrons. The molecule has 0 bridgehead atoms. The molecule has 7 heteroatoms. The number of methoxy groups -OCH3 is 1. The van der Waals surface area contributed by atoms with E-state index in [0.717, 1.165) is 23.1 Å². The maximum absolute atomic E-state index is 11.0. The fourth-order valence-electron chi connectivity index (χ4n) is 1.79. The van der Waals surface area contributed by atoms with Gasteiger partial charge in [-0.3, -0.25) is 10.1 Å². The zero-order valence-electron chi connectivity index (χ0n) is 9.48. The van der Waals surface area contributed by atoms with E-state index in [1.165, 1.54) is 11.8 Å². The molecule has 2 rings (SSSR count). The minimum Gasteiger partial charge on any atom is -0.497 e. The van der Waals surface area contributed by atoms with Crippen LogP contribution in [-0.4, -0.2) is 22.7 Å². The van der Waals surface area contributed by atoms with E-state index in [0.29, 0.717) is 0 Å². The van der Waals surface area contributed by atoms with Crippen LogP contribution in [0.25, 0.3) is 0 Å². The lowest BCUT2D eigenvalue weighted by molar-refractivity contribution is -0.522. The van der Waals surface area contributed by atoms with Crippen molar-refractivity contribution in [1.29, 1.82) is 5.26 Å². The second kappa shape index (κ2) is 5.50. The average molecular weight is 282 g/mol. The number of rotatable bonds is 4. The SMILES string of the molecule is COc1ccc([C@@H]2S[C@H](SC#N)[C@H]2[N+](=O)[O-])cc1. The van der Waals surface area contributed by atoms with E-state index < -0.39 is 6.04 Å². The Morgan fingerprint density at radius 2 is 2.17 bits per heavy atom. The Morgan fingerprint density at radius 3 is 2.67 bits per heavy atom. The molecule has 18 heavy (non-hydrogen) atoms. The van der Waals surface area contributed by atoms with Crippen molar-refractivity contribution in [3.63, 3.8) is 0 Å². The van der Waals surface area contributed by atoms with Gasteiger partial charge >= 0.3 is 0 Å². The highest BCUT2D eigenvalue weighted by molar-refractivity contribution is 8.20. The number of ether oxygens (including phenoxy) is 1. The monoisotopic (exact) mass is 282 g/mol. The molecule has 0 amide bonds. The minimum atomic E-state index is -0.701. The first-order valence-electron chi connectivity index (χ1n) is 5.15. The molecule has 3 atom stereocenters. The summed E-state index contributed by atoms with van der Waals surface area (Å²) in [7, 11) is 1.58. The highest BCUT2D eigenvalue weighted by atomic mass is 32.2. The molecule has 1 heterocycles. The molecule has 1 aromatic rings. The molecule has 0 spiro atoms. The van der Waals surface area contributed by atoms with Crippen LogP contribution in [0.5, 0.6) is 5.75 Å². The molecule has 1 fully saturated rings. The number of thioether (sulfide) groups is 2. The summed E-state index contributed by atoms with van der Waals surface area (Å²) in [4.78, 5) is 10.7. The number of hydrogen-bond donors (Lipinski definition) is 0. The van der Waals surface area contributed by atoms with E-state index in [2.05, 4.69) is 0 Å². The lowest BCUT2D eigenvalue weighted by Gasteiger charge is -2.35. The van der Waals surface area contributed by atoms with Gasteiger partial charge in [0.15, 0.2) is 0 Å². The molecule has 0 aliphatic carbocycles. The van der Waals surface area contributed by atoms with Gasteiger partial charge in [-0.1, -0.05) is 12.1 Å². The highest BCUT2D eigenvalue weighted by Crippen LogP contribution is 2.54. The van der Waals surface area contributed by atoms with Gasteiger partial charge in [-0.05, 0) is 29.5 Å². The van der Waals surface area contributed by atoms with E-state index in [1.54, 1.807) is 19.2 Å². The zero-order valence-corrected chi connectivity index (χ0v) is 11.1. The van der Waals surface area contributed by atoms with Gasteiger partial charge < -0.3 is 4.74 Å². The van der Waals surface area contributed by atoms with Crippen LogP contribution in [0.4, 0.5) is 0 Å². The van der Waals surface area contributed by atoms with E-state index in [9.17, 15) is 10.1 Å². The van der Waals surface area contributed by atoms with Crippen LogP contribution in [0.1, 0.15) is 10.8 Å². The maximum Gasteiger partial charge on any atom is 0.250 e. The quantitative estimate of drug-likeness (QED) is 0.480. The van der Waals surface area contributed by atoms with Crippen molar-refractivity contribution in [2.75, 3.05) is 7.11 Å². The second-order valence-corrected chi connectivity index (χ2v) is 6.20. The van der Waals surface area contributed by atoms with Crippen molar-refractivity contribution in [2.45, 2.75) is 15.9 Å². The van der Waals surface area contributed by atoms with E-state index in [4.69, 9.17) is 10.00 Å². The Labute approximate surface area is 113 Å². The van der Waals surface area contributed by atoms with Crippen LogP contribution in [-0.2, 0) is 0 Å². The Hall–Kier alpha value is -1.39. The summed E-state index contributed by atoms with van der Waals surface area (Å²) in [5.41, 5.74) is 0.900. The molecule has 1 aliphatic heterocycles. The number of benzene rings is 1. The largest absolute Gasteiger partial charge is 0.497 e. The van der Waals surface area contributed by atoms with Gasteiger partial charge in [0.2, 0.25) is 0 Å². The molecule has 0 saturated carbocycles. The predicted octanol–water partition coefficient (Wildman–Crippen LogP) is 2.67. The van der Waals surface area contributed by atoms with Gasteiger partial charge in [0.1, 0.15) is 21.0 Å². The molecule has 0 aromatic heterocycles. The standard InChI is InChI=1S/C11H10N2O3S2/c1-16-8-4-2-7(3-5-8)10-9(13(14)15)11(18-10)17-6-12/h2-5,9-11H,1H3/t9-,10-,11-/m0/s1. The van der Waals surface area contributed by atoms with E-state index in [-0.39, 0.29) is 14.8 Å². The van der Waals surface area contributed by atoms with Crippen LogP contribution in [0, 0.1) is 20.8 Å². The maximum atomic E-state index is 11.0. The van der Waals surface area contributed by atoms with Crippen molar-refractivity contribution in [1.82, 2.24) is 0 Å². The molecule has 5 nitrogen and oxygen atoms in total. The third-order valence-electron chi connectivity index (χ3n) is 2.73. The Bertz CT molecular complexity index is 486. The molecule has 1 aliphatic rings. The topological polar surface area (TPSA) is 76.2 Å². The summed E-state index contributed by atoms with van der Waals surface area (Å²) in [6.45, 7) is 0. The lowest BCUT2D eigenvalue weighted by Crippen LogP contribution is -2.43. The fraction of sp³-hybridized carbons (Fsp3) is 0.364. The predicted molar refractivity (Wildman–Crippen MR) is 71.1 cm³/mol. The van der Waals surface area contributed by atoms with E-state index in [1.807, 2.05) is 17.5 Å². The van der Waals surface area contributed by atoms with Crippen molar-refractivity contribution >= 4 is 23.5 Å². The summed E-state index contributed by atoms with van der Waals surface area (Å²) < 4.78 is 4.77.